The summed E-state index contributed by atoms with van der Waals surface area (Å²) >= 11 is 0. The predicted octanol–water partition coefficient (Wildman–Crippen LogP) is -0.243. The van der Waals surface area contributed by atoms with Crippen molar-refractivity contribution in [3.05, 3.63) is 0 Å². The van der Waals surface area contributed by atoms with E-state index < -0.39 is 5.97 Å². The van der Waals surface area contributed by atoms with Crippen LogP contribution in [0.1, 0.15) is 20.8 Å². The number of carbonyl (C=O) groups is 2. The van der Waals surface area contributed by atoms with Gasteiger partial charge < -0.3 is 10.1 Å². The van der Waals surface area contributed by atoms with Gasteiger partial charge in [0.05, 0.1) is 6.61 Å². The van der Waals surface area contributed by atoms with Gasteiger partial charge in [0.25, 0.3) is 0 Å². The lowest BCUT2D eigenvalue weighted by molar-refractivity contribution is -0.143. The van der Waals surface area contributed by atoms with Gasteiger partial charge in [-0.25, -0.2) is 10.4 Å². The van der Waals surface area contributed by atoms with E-state index in [2.05, 4.69) is 10.7 Å². The molecule has 0 saturated heterocycles. The monoisotopic (exact) mass is 245 g/mol. The Labute approximate surface area is 103 Å². The Morgan fingerprint density at radius 3 is 2.29 bits per heavy atom. The van der Waals surface area contributed by atoms with Crippen molar-refractivity contribution in [3.8, 4) is 0 Å². The first-order valence-corrected chi connectivity index (χ1v) is 5.75. The van der Waals surface area contributed by atoms with Gasteiger partial charge in [0, 0.05) is 14.1 Å². The maximum absolute atomic E-state index is 11.8. The zero-order valence-electron chi connectivity index (χ0n) is 11.2. The molecule has 0 radical (unpaired) electrons. The minimum Gasteiger partial charge on any atom is -0.465 e. The van der Waals surface area contributed by atoms with Crippen LogP contribution in [0.3, 0.4) is 0 Å². The van der Waals surface area contributed by atoms with E-state index in [0.717, 1.165) is 0 Å². The summed E-state index contributed by atoms with van der Waals surface area (Å²) in [5, 5.41) is 4.27. The Hall–Kier alpha value is -1.14. The predicted molar refractivity (Wildman–Crippen MR) is 65.1 cm³/mol. The quantitative estimate of drug-likeness (QED) is 0.478. The van der Waals surface area contributed by atoms with Gasteiger partial charge in [-0.3, -0.25) is 9.59 Å². The van der Waals surface area contributed by atoms with Gasteiger partial charge in [-0.15, -0.1) is 0 Å². The summed E-state index contributed by atoms with van der Waals surface area (Å²) in [6, 6.07) is -0.362. The van der Waals surface area contributed by atoms with Gasteiger partial charge in [-0.1, -0.05) is 13.8 Å². The van der Waals surface area contributed by atoms with Gasteiger partial charge >= 0.3 is 5.97 Å². The molecule has 0 fully saturated rings. The fraction of sp³-hybridized carbons (Fsp3) is 0.818. The minimum atomic E-state index is -0.423. The summed E-state index contributed by atoms with van der Waals surface area (Å²) in [6.07, 6.45) is 0. The van der Waals surface area contributed by atoms with Crippen molar-refractivity contribution in [2.24, 2.45) is 5.92 Å². The molecule has 0 aromatic rings. The van der Waals surface area contributed by atoms with Crippen LogP contribution in [0.5, 0.6) is 0 Å². The number of hydrazine groups is 1. The highest BCUT2D eigenvalue weighted by atomic mass is 16.5. The van der Waals surface area contributed by atoms with Crippen LogP contribution in [0.2, 0.25) is 0 Å². The SMILES string of the molecule is CCOC(=O)CNC(=O)C(NN(C)C)C(C)C. The third-order valence-corrected chi connectivity index (χ3v) is 2.06. The maximum Gasteiger partial charge on any atom is 0.325 e. The molecule has 17 heavy (non-hydrogen) atoms. The Bertz CT molecular complexity index is 254. The second kappa shape index (κ2) is 8.03. The number of nitrogens with zero attached hydrogens (tertiary/aromatic N) is 1. The smallest absolute Gasteiger partial charge is 0.325 e. The number of hydrogen-bond donors (Lipinski definition) is 2. The van der Waals surface area contributed by atoms with Gasteiger partial charge in [0.2, 0.25) is 5.91 Å². The molecule has 0 spiro atoms. The van der Waals surface area contributed by atoms with Crippen LogP contribution in [0.25, 0.3) is 0 Å². The molecule has 0 saturated carbocycles. The molecule has 0 aliphatic rings. The third kappa shape index (κ3) is 6.91. The van der Waals surface area contributed by atoms with E-state index in [4.69, 9.17) is 4.74 Å². The van der Waals surface area contributed by atoms with Crippen molar-refractivity contribution in [1.29, 1.82) is 0 Å². The molecule has 1 atom stereocenters. The normalized spacial score (nSPS) is 12.6. The summed E-state index contributed by atoms with van der Waals surface area (Å²) in [6.45, 7) is 5.82. The highest BCUT2D eigenvalue weighted by Crippen LogP contribution is 2.01. The molecule has 100 valence electrons. The molecule has 2 N–H and O–H groups in total. The zero-order chi connectivity index (χ0) is 13.4. The lowest BCUT2D eigenvalue weighted by atomic mass is 10.0. The maximum atomic E-state index is 11.8. The summed E-state index contributed by atoms with van der Waals surface area (Å²) in [5.41, 5.74) is 3.00. The van der Waals surface area contributed by atoms with Crippen LogP contribution in [0.4, 0.5) is 0 Å². The number of rotatable bonds is 7. The van der Waals surface area contributed by atoms with E-state index in [1.54, 1.807) is 11.9 Å². The topological polar surface area (TPSA) is 70.7 Å². The van der Waals surface area contributed by atoms with Crippen molar-refractivity contribution in [2.45, 2.75) is 26.8 Å². The number of carbonyl (C=O) groups excluding carboxylic acids is 2. The van der Waals surface area contributed by atoms with E-state index in [1.807, 2.05) is 27.9 Å². The highest BCUT2D eigenvalue weighted by Gasteiger charge is 2.22. The summed E-state index contributed by atoms with van der Waals surface area (Å²) in [5.74, 6) is -0.505. The lowest BCUT2D eigenvalue weighted by Crippen LogP contribution is -2.52. The van der Waals surface area contributed by atoms with Crippen LogP contribution in [-0.4, -0.2) is 50.2 Å². The second-order valence-electron chi connectivity index (χ2n) is 4.27. The first-order chi connectivity index (χ1) is 7.88. The van der Waals surface area contributed by atoms with Gasteiger partial charge in [-0.05, 0) is 12.8 Å². The van der Waals surface area contributed by atoms with E-state index in [1.165, 1.54) is 0 Å². The van der Waals surface area contributed by atoms with Crippen molar-refractivity contribution >= 4 is 11.9 Å². The minimum absolute atomic E-state index is 0.0923. The summed E-state index contributed by atoms with van der Waals surface area (Å²) < 4.78 is 4.73. The van der Waals surface area contributed by atoms with E-state index in [0.29, 0.717) is 6.61 Å². The van der Waals surface area contributed by atoms with Crippen LogP contribution < -0.4 is 10.7 Å². The summed E-state index contributed by atoms with van der Waals surface area (Å²) in [4.78, 5) is 22.9. The molecule has 0 heterocycles. The molecule has 0 bridgehead atoms. The fourth-order valence-electron chi connectivity index (χ4n) is 1.27. The number of hydrogen-bond acceptors (Lipinski definition) is 5. The average Bonchev–Trinajstić information content (AvgIpc) is 2.22. The first-order valence-electron chi connectivity index (χ1n) is 5.75. The third-order valence-electron chi connectivity index (χ3n) is 2.06. The van der Waals surface area contributed by atoms with Gasteiger partial charge in [0.1, 0.15) is 12.6 Å². The molecular formula is C11H23N3O3. The van der Waals surface area contributed by atoms with Gasteiger partial charge in [0.15, 0.2) is 0 Å². The van der Waals surface area contributed by atoms with Crippen LogP contribution in [-0.2, 0) is 14.3 Å². The van der Waals surface area contributed by atoms with Crippen molar-refractivity contribution in [1.82, 2.24) is 15.8 Å². The number of esters is 1. The molecule has 6 nitrogen and oxygen atoms in total. The Balaban J connectivity index is 4.19. The Kier molecular flexibility index (Phi) is 7.49. The fourth-order valence-corrected chi connectivity index (χ4v) is 1.27. The molecule has 1 amide bonds. The lowest BCUT2D eigenvalue weighted by Gasteiger charge is -2.25. The second-order valence-corrected chi connectivity index (χ2v) is 4.27. The van der Waals surface area contributed by atoms with Crippen LogP contribution >= 0.6 is 0 Å². The van der Waals surface area contributed by atoms with E-state index in [-0.39, 0.29) is 24.4 Å². The van der Waals surface area contributed by atoms with E-state index in [9.17, 15) is 9.59 Å². The summed E-state index contributed by atoms with van der Waals surface area (Å²) in [7, 11) is 3.63. The Morgan fingerprint density at radius 2 is 1.88 bits per heavy atom. The molecule has 0 aromatic carbocycles. The zero-order valence-corrected chi connectivity index (χ0v) is 11.2. The highest BCUT2D eigenvalue weighted by molar-refractivity contribution is 5.85. The molecule has 0 aliphatic heterocycles. The van der Waals surface area contributed by atoms with Crippen molar-refractivity contribution in [2.75, 3.05) is 27.2 Å². The Morgan fingerprint density at radius 1 is 1.29 bits per heavy atom. The first kappa shape index (κ1) is 15.9. The van der Waals surface area contributed by atoms with Crippen molar-refractivity contribution in [3.63, 3.8) is 0 Å². The van der Waals surface area contributed by atoms with Crippen molar-refractivity contribution < 1.29 is 14.3 Å². The molecule has 0 rings (SSSR count). The van der Waals surface area contributed by atoms with Gasteiger partial charge in [-0.2, -0.15) is 0 Å². The molecule has 0 aromatic heterocycles. The van der Waals surface area contributed by atoms with Crippen LogP contribution in [0, 0.1) is 5.92 Å². The number of ether oxygens (including phenoxy) is 1. The number of nitrogens with one attached hydrogen (secondary N) is 2. The molecule has 6 heteroatoms. The number of amides is 1. The molecular weight excluding hydrogens is 222 g/mol. The average molecular weight is 245 g/mol. The standard InChI is InChI=1S/C11H23N3O3/c1-6-17-9(15)7-12-11(16)10(8(2)3)13-14(4)5/h8,10,13H,6-7H2,1-5H3,(H,12,16). The van der Waals surface area contributed by atoms with Crippen LogP contribution in [0.15, 0.2) is 0 Å². The largest absolute Gasteiger partial charge is 0.465 e. The van der Waals surface area contributed by atoms with E-state index >= 15 is 0 Å². The molecule has 0 aliphatic carbocycles. The molecule has 1 unspecified atom stereocenters.